The van der Waals surface area contributed by atoms with Gasteiger partial charge in [0, 0.05) is 31.2 Å². The number of carbonyl (C=O) groups excluding carboxylic acids is 2. The van der Waals surface area contributed by atoms with E-state index in [4.69, 9.17) is 16.3 Å². The van der Waals surface area contributed by atoms with Crippen LogP contribution in [0.3, 0.4) is 0 Å². The molecule has 0 unspecified atom stereocenters. The average molecular weight is 377 g/mol. The second-order valence-corrected chi connectivity index (χ2v) is 8.34. The minimum absolute atomic E-state index is 0.103. The Hall–Kier alpha value is -1.75. The molecule has 1 aromatic carbocycles. The lowest BCUT2D eigenvalue weighted by molar-refractivity contribution is -0.145. The highest BCUT2D eigenvalue weighted by Crippen LogP contribution is 2.42. The number of nitrogens with zero attached hydrogens (tertiary/aromatic N) is 2. The molecule has 2 saturated heterocycles. The largest absolute Gasteiger partial charge is 0.496 e. The average Bonchev–Trinajstić information content (AvgIpc) is 3.36. The summed E-state index contributed by atoms with van der Waals surface area (Å²) in [5.41, 5.74) is 0.0735. The maximum atomic E-state index is 13.1. The van der Waals surface area contributed by atoms with Crippen LogP contribution in [0, 0.1) is 11.3 Å². The van der Waals surface area contributed by atoms with E-state index >= 15 is 0 Å². The summed E-state index contributed by atoms with van der Waals surface area (Å²) in [6.45, 7) is 2.88. The van der Waals surface area contributed by atoms with Crippen molar-refractivity contribution in [1.29, 1.82) is 0 Å². The topological polar surface area (TPSA) is 49.9 Å². The smallest absolute Gasteiger partial charge is 0.257 e. The second-order valence-electron chi connectivity index (χ2n) is 7.90. The first kappa shape index (κ1) is 17.7. The number of piperidine rings is 1. The molecule has 1 aromatic rings. The molecular weight excluding hydrogens is 352 g/mol. The van der Waals surface area contributed by atoms with Crippen LogP contribution < -0.4 is 4.74 Å². The summed E-state index contributed by atoms with van der Waals surface area (Å²) in [6, 6.07) is 5.07. The molecule has 1 saturated carbocycles. The van der Waals surface area contributed by atoms with Crippen LogP contribution in [0.5, 0.6) is 5.75 Å². The maximum absolute atomic E-state index is 13.1. The van der Waals surface area contributed by atoms with E-state index in [1.165, 1.54) is 12.8 Å². The molecule has 1 spiro atoms. The van der Waals surface area contributed by atoms with Crippen LogP contribution in [0.25, 0.3) is 0 Å². The molecule has 140 valence electrons. The Labute approximate surface area is 159 Å². The zero-order chi connectivity index (χ0) is 18.3. The van der Waals surface area contributed by atoms with Crippen molar-refractivity contribution in [3.63, 3.8) is 0 Å². The molecule has 0 bridgehead atoms. The highest BCUT2D eigenvalue weighted by atomic mass is 35.5. The van der Waals surface area contributed by atoms with Gasteiger partial charge in [0.05, 0.1) is 18.1 Å². The van der Waals surface area contributed by atoms with Crippen LogP contribution >= 0.6 is 11.6 Å². The van der Waals surface area contributed by atoms with Gasteiger partial charge in [-0.3, -0.25) is 9.59 Å². The summed E-state index contributed by atoms with van der Waals surface area (Å²) < 4.78 is 5.33. The van der Waals surface area contributed by atoms with Gasteiger partial charge in [0.25, 0.3) is 5.91 Å². The summed E-state index contributed by atoms with van der Waals surface area (Å²) in [4.78, 5) is 30.0. The van der Waals surface area contributed by atoms with Gasteiger partial charge in [-0.2, -0.15) is 0 Å². The minimum Gasteiger partial charge on any atom is -0.496 e. The first-order chi connectivity index (χ1) is 12.5. The van der Waals surface area contributed by atoms with Crippen LogP contribution in [0.15, 0.2) is 18.2 Å². The Balaban J connectivity index is 1.51. The van der Waals surface area contributed by atoms with Crippen molar-refractivity contribution in [2.45, 2.75) is 32.1 Å². The standard InChI is InChI=1S/C20H25ClN2O3/c1-26-17-6-5-15(21)11-16(17)18(24)23-10-8-20(13-23)7-2-9-22(19(20)25)12-14-3-4-14/h5-6,11,14H,2-4,7-10,12-13H2,1H3/t20-/m1/s1. The molecule has 0 radical (unpaired) electrons. The van der Waals surface area contributed by atoms with Gasteiger partial charge in [-0.25, -0.2) is 0 Å². The lowest BCUT2D eigenvalue weighted by Gasteiger charge is -2.39. The fourth-order valence-corrected chi connectivity index (χ4v) is 4.55. The molecule has 1 atom stereocenters. The van der Waals surface area contributed by atoms with E-state index in [0.717, 1.165) is 32.4 Å². The normalized spacial score (nSPS) is 25.8. The predicted octanol–water partition coefficient (Wildman–Crippen LogP) is 3.21. The molecule has 1 aliphatic carbocycles. The Morgan fingerprint density at radius 1 is 1.31 bits per heavy atom. The summed E-state index contributed by atoms with van der Waals surface area (Å²) in [5.74, 6) is 1.37. The van der Waals surface area contributed by atoms with E-state index in [2.05, 4.69) is 4.90 Å². The third kappa shape index (κ3) is 3.18. The predicted molar refractivity (Wildman–Crippen MR) is 99.5 cm³/mol. The number of carbonyl (C=O) groups is 2. The van der Waals surface area contributed by atoms with E-state index in [-0.39, 0.29) is 11.8 Å². The number of benzene rings is 1. The molecule has 3 aliphatic rings. The number of hydrogen-bond acceptors (Lipinski definition) is 3. The summed E-state index contributed by atoms with van der Waals surface area (Å²) in [5, 5.41) is 0.507. The molecule has 6 heteroatoms. The number of hydrogen-bond donors (Lipinski definition) is 0. The maximum Gasteiger partial charge on any atom is 0.257 e. The molecule has 0 aromatic heterocycles. The minimum atomic E-state index is -0.394. The summed E-state index contributed by atoms with van der Waals surface area (Å²) >= 11 is 6.08. The molecule has 3 fully saturated rings. The zero-order valence-corrected chi connectivity index (χ0v) is 15.9. The molecule has 2 heterocycles. The number of amides is 2. The number of methoxy groups -OCH3 is 1. The van der Waals surface area contributed by atoms with Crippen molar-refractivity contribution in [3.05, 3.63) is 28.8 Å². The Morgan fingerprint density at radius 3 is 2.85 bits per heavy atom. The highest BCUT2D eigenvalue weighted by Gasteiger charge is 2.50. The Kier molecular flexibility index (Phi) is 4.59. The van der Waals surface area contributed by atoms with Crippen molar-refractivity contribution in [2.75, 3.05) is 33.3 Å². The molecule has 0 N–H and O–H groups in total. The summed E-state index contributed by atoms with van der Waals surface area (Å²) in [7, 11) is 1.55. The van der Waals surface area contributed by atoms with Gasteiger partial charge in [0.15, 0.2) is 0 Å². The number of rotatable bonds is 4. The summed E-state index contributed by atoms with van der Waals surface area (Å²) in [6.07, 6.45) is 5.15. The lowest BCUT2D eigenvalue weighted by Crippen LogP contribution is -2.50. The number of likely N-dealkylation sites (tertiary alicyclic amines) is 2. The van der Waals surface area contributed by atoms with Crippen LogP contribution in [-0.2, 0) is 4.79 Å². The van der Waals surface area contributed by atoms with Gasteiger partial charge in [0.2, 0.25) is 5.91 Å². The van der Waals surface area contributed by atoms with E-state index in [1.54, 1.807) is 30.2 Å². The van der Waals surface area contributed by atoms with E-state index in [1.807, 2.05) is 0 Å². The van der Waals surface area contributed by atoms with Gasteiger partial charge in [-0.1, -0.05) is 11.6 Å². The van der Waals surface area contributed by atoms with Crippen molar-refractivity contribution >= 4 is 23.4 Å². The van der Waals surface area contributed by atoms with Gasteiger partial charge in [0.1, 0.15) is 5.75 Å². The molecular formula is C20H25ClN2O3. The number of ether oxygens (including phenoxy) is 1. The quantitative estimate of drug-likeness (QED) is 0.810. The lowest BCUT2D eigenvalue weighted by atomic mass is 9.78. The van der Waals surface area contributed by atoms with Gasteiger partial charge in [-0.15, -0.1) is 0 Å². The third-order valence-corrected chi connectivity index (χ3v) is 6.27. The van der Waals surface area contributed by atoms with Gasteiger partial charge >= 0.3 is 0 Å². The van der Waals surface area contributed by atoms with E-state index in [9.17, 15) is 9.59 Å². The van der Waals surface area contributed by atoms with Gasteiger partial charge in [-0.05, 0) is 56.2 Å². The van der Waals surface area contributed by atoms with E-state index in [0.29, 0.717) is 35.3 Å². The fourth-order valence-electron chi connectivity index (χ4n) is 4.38. The first-order valence-electron chi connectivity index (χ1n) is 9.45. The number of halogens is 1. The van der Waals surface area contributed by atoms with Crippen molar-refractivity contribution in [3.8, 4) is 5.75 Å². The zero-order valence-electron chi connectivity index (χ0n) is 15.2. The Morgan fingerprint density at radius 2 is 2.12 bits per heavy atom. The van der Waals surface area contributed by atoms with Crippen LogP contribution in [-0.4, -0.2) is 54.9 Å². The monoisotopic (exact) mass is 376 g/mol. The molecule has 2 amide bonds. The first-order valence-corrected chi connectivity index (χ1v) is 9.82. The fraction of sp³-hybridized carbons (Fsp3) is 0.600. The van der Waals surface area contributed by atoms with Crippen LogP contribution in [0.1, 0.15) is 42.5 Å². The van der Waals surface area contributed by atoms with Crippen LogP contribution in [0.2, 0.25) is 5.02 Å². The molecule has 4 rings (SSSR count). The van der Waals surface area contributed by atoms with E-state index < -0.39 is 5.41 Å². The molecule has 26 heavy (non-hydrogen) atoms. The second kappa shape index (κ2) is 6.76. The third-order valence-electron chi connectivity index (χ3n) is 6.03. The molecule has 2 aliphatic heterocycles. The molecule has 5 nitrogen and oxygen atoms in total. The van der Waals surface area contributed by atoms with Crippen LogP contribution in [0.4, 0.5) is 0 Å². The highest BCUT2D eigenvalue weighted by molar-refractivity contribution is 6.31. The van der Waals surface area contributed by atoms with Crippen molar-refractivity contribution in [2.24, 2.45) is 11.3 Å². The Bertz CT molecular complexity index is 734. The SMILES string of the molecule is COc1ccc(Cl)cc1C(=O)N1CC[C@]2(CCCN(CC3CC3)C2=O)C1. The van der Waals surface area contributed by atoms with Crippen molar-refractivity contribution < 1.29 is 14.3 Å². The van der Waals surface area contributed by atoms with Gasteiger partial charge < -0.3 is 14.5 Å². The van der Waals surface area contributed by atoms with Crippen molar-refractivity contribution in [1.82, 2.24) is 9.80 Å².